The van der Waals surface area contributed by atoms with E-state index in [0.717, 1.165) is 30.7 Å². The number of fused-ring (bicyclic) bond motifs is 1. The Morgan fingerprint density at radius 1 is 1.50 bits per heavy atom. The lowest BCUT2D eigenvalue weighted by molar-refractivity contribution is 0.345. The monoisotopic (exact) mass is 278 g/mol. The highest BCUT2D eigenvalue weighted by molar-refractivity contribution is 5.40. The molecule has 0 aliphatic carbocycles. The third kappa shape index (κ3) is 3.54. The van der Waals surface area contributed by atoms with Crippen molar-refractivity contribution in [2.24, 2.45) is 5.73 Å². The van der Waals surface area contributed by atoms with Crippen LogP contribution >= 0.6 is 0 Å². The second-order valence-electron chi connectivity index (χ2n) is 4.56. The summed E-state index contributed by atoms with van der Waals surface area (Å²) in [7, 11) is 0. The summed E-state index contributed by atoms with van der Waals surface area (Å²) in [5, 5.41) is 4.39. The van der Waals surface area contributed by atoms with Gasteiger partial charge in [0.15, 0.2) is 11.5 Å². The first-order valence-corrected chi connectivity index (χ1v) is 6.73. The summed E-state index contributed by atoms with van der Waals surface area (Å²) in [5.74, 6) is 1.44. The first-order valence-electron chi connectivity index (χ1n) is 6.73. The van der Waals surface area contributed by atoms with E-state index in [2.05, 4.69) is 17.0 Å². The molecule has 0 aliphatic rings. The standard InChI is InChI=1S/C14H19FN4O/c1-2-3-4-13-17-14-6-5-12(9-19(14)18-13)20-10-11(7-15)8-16/h5-7,9H,2-4,8,10,16H2,1H3/b11-7+. The molecule has 6 heteroatoms. The fraction of sp³-hybridized carbons (Fsp3) is 0.429. The average Bonchev–Trinajstić information content (AvgIpc) is 2.88. The van der Waals surface area contributed by atoms with Crippen molar-refractivity contribution in [2.75, 3.05) is 13.2 Å². The lowest BCUT2D eigenvalue weighted by Crippen LogP contribution is -2.11. The van der Waals surface area contributed by atoms with Crippen LogP contribution in [-0.2, 0) is 6.42 Å². The van der Waals surface area contributed by atoms with Gasteiger partial charge >= 0.3 is 0 Å². The molecule has 108 valence electrons. The van der Waals surface area contributed by atoms with E-state index in [4.69, 9.17) is 10.5 Å². The minimum atomic E-state index is 0.135. The van der Waals surface area contributed by atoms with Gasteiger partial charge in [-0.25, -0.2) is 13.9 Å². The number of nitrogens with two attached hydrogens (primary N) is 1. The van der Waals surface area contributed by atoms with Crippen LogP contribution in [0.15, 0.2) is 30.2 Å². The van der Waals surface area contributed by atoms with Gasteiger partial charge in [-0.05, 0) is 18.6 Å². The van der Waals surface area contributed by atoms with E-state index >= 15 is 0 Å². The minimum Gasteiger partial charge on any atom is -0.487 e. The van der Waals surface area contributed by atoms with Gasteiger partial charge in [-0.3, -0.25) is 0 Å². The molecule has 0 saturated heterocycles. The maximum atomic E-state index is 12.4. The molecule has 0 amide bonds. The Morgan fingerprint density at radius 3 is 3.05 bits per heavy atom. The summed E-state index contributed by atoms with van der Waals surface area (Å²) in [5.41, 5.74) is 6.56. The van der Waals surface area contributed by atoms with Crippen LogP contribution < -0.4 is 10.5 Å². The molecule has 0 atom stereocenters. The zero-order valence-corrected chi connectivity index (χ0v) is 11.6. The molecule has 2 N–H and O–H groups in total. The normalized spacial score (nSPS) is 12.1. The molecule has 0 aliphatic heterocycles. The van der Waals surface area contributed by atoms with Crippen molar-refractivity contribution in [1.29, 1.82) is 0 Å². The number of halogens is 1. The SMILES string of the molecule is CCCCc1nc2ccc(OC/C(=C/F)CN)cn2n1. The van der Waals surface area contributed by atoms with Crippen molar-refractivity contribution in [3.8, 4) is 5.75 Å². The van der Waals surface area contributed by atoms with E-state index in [0.29, 0.717) is 17.7 Å². The van der Waals surface area contributed by atoms with Crippen LogP contribution in [0.5, 0.6) is 5.75 Å². The van der Waals surface area contributed by atoms with Gasteiger partial charge in [0.25, 0.3) is 0 Å². The first-order chi connectivity index (χ1) is 9.76. The van der Waals surface area contributed by atoms with E-state index in [-0.39, 0.29) is 13.2 Å². The van der Waals surface area contributed by atoms with Crippen molar-refractivity contribution >= 4 is 5.65 Å². The fourth-order valence-electron chi connectivity index (χ4n) is 1.75. The second-order valence-corrected chi connectivity index (χ2v) is 4.56. The van der Waals surface area contributed by atoms with Gasteiger partial charge < -0.3 is 10.5 Å². The Bertz CT molecular complexity index is 594. The first kappa shape index (κ1) is 14.5. The minimum absolute atomic E-state index is 0.135. The molecule has 0 radical (unpaired) electrons. The Kier molecular flexibility index (Phi) is 5.06. The maximum absolute atomic E-state index is 12.4. The van der Waals surface area contributed by atoms with E-state index in [1.54, 1.807) is 16.8 Å². The Balaban J connectivity index is 2.08. The molecule has 2 heterocycles. The largest absolute Gasteiger partial charge is 0.487 e. The van der Waals surface area contributed by atoms with Gasteiger partial charge in [0.1, 0.15) is 12.4 Å². The Hall–Kier alpha value is -1.95. The zero-order valence-electron chi connectivity index (χ0n) is 11.6. The molecule has 0 unspecified atom stereocenters. The highest BCUT2D eigenvalue weighted by atomic mass is 19.1. The second kappa shape index (κ2) is 7.00. The highest BCUT2D eigenvalue weighted by Crippen LogP contribution is 2.13. The van der Waals surface area contributed by atoms with E-state index in [9.17, 15) is 4.39 Å². The van der Waals surface area contributed by atoms with Crippen LogP contribution in [0.25, 0.3) is 5.65 Å². The molecule has 0 bridgehead atoms. The summed E-state index contributed by atoms with van der Waals surface area (Å²) < 4.78 is 19.5. The summed E-state index contributed by atoms with van der Waals surface area (Å²) >= 11 is 0. The topological polar surface area (TPSA) is 65.4 Å². The van der Waals surface area contributed by atoms with Gasteiger partial charge in [0.05, 0.1) is 12.5 Å². The molecule has 5 nitrogen and oxygen atoms in total. The predicted molar refractivity (Wildman–Crippen MR) is 75.3 cm³/mol. The van der Waals surface area contributed by atoms with Crippen molar-refractivity contribution in [1.82, 2.24) is 14.6 Å². The number of nitrogens with zero attached hydrogens (tertiary/aromatic N) is 3. The van der Waals surface area contributed by atoms with Gasteiger partial charge in [-0.2, -0.15) is 5.10 Å². The Labute approximate surface area is 117 Å². The number of hydrogen-bond donors (Lipinski definition) is 1. The molecule has 0 aromatic carbocycles. The molecule has 0 spiro atoms. The number of aryl methyl sites for hydroxylation is 1. The van der Waals surface area contributed by atoms with Crippen LogP contribution in [-0.4, -0.2) is 27.7 Å². The fourth-order valence-corrected chi connectivity index (χ4v) is 1.75. The van der Waals surface area contributed by atoms with Gasteiger partial charge in [0.2, 0.25) is 0 Å². The summed E-state index contributed by atoms with van der Waals surface area (Å²) in [6, 6.07) is 3.62. The smallest absolute Gasteiger partial charge is 0.155 e. The predicted octanol–water partition coefficient (Wildman–Crippen LogP) is 2.26. The van der Waals surface area contributed by atoms with Crippen LogP contribution in [0.3, 0.4) is 0 Å². The van der Waals surface area contributed by atoms with E-state index < -0.39 is 0 Å². The van der Waals surface area contributed by atoms with Crippen molar-refractivity contribution < 1.29 is 9.13 Å². The van der Waals surface area contributed by atoms with Crippen LogP contribution in [0.2, 0.25) is 0 Å². The summed E-state index contributed by atoms with van der Waals surface area (Å²) in [4.78, 5) is 4.42. The number of aromatic nitrogens is 3. The zero-order chi connectivity index (χ0) is 14.4. The molecule has 2 rings (SSSR count). The van der Waals surface area contributed by atoms with Gasteiger partial charge in [0, 0.05) is 18.5 Å². The number of rotatable bonds is 7. The molecule has 2 aromatic rings. The van der Waals surface area contributed by atoms with Crippen molar-refractivity contribution in [3.63, 3.8) is 0 Å². The summed E-state index contributed by atoms with van der Waals surface area (Å²) in [6.45, 7) is 2.41. The average molecular weight is 278 g/mol. The molecule has 20 heavy (non-hydrogen) atoms. The maximum Gasteiger partial charge on any atom is 0.155 e. The molecule has 0 saturated carbocycles. The van der Waals surface area contributed by atoms with E-state index in [1.165, 1.54) is 0 Å². The third-order valence-corrected chi connectivity index (χ3v) is 2.94. The van der Waals surface area contributed by atoms with Gasteiger partial charge in [-0.1, -0.05) is 13.3 Å². The quantitative estimate of drug-likeness (QED) is 0.843. The van der Waals surface area contributed by atoms with Crippen molar-refractivity contribution in [2.45, 2.75) is 26.2 Å². The molecular formula is C14H19FN4O. The van der Waals surface area contributed by atoms with Crippen LogP contribution in [0, 0.1) is 0 Å². The highest BCUT2D eigenvalue weighted by Gasteiger charge is 2.05. The van der Waals surface area contributed by atoms with Crippen molar-refractivity contribution in [3.05, 3.63) is 36.1 Å². The van der Waals surface area contributed by atoms with Gasteiger partial charge in [-0.15, -0.1) is 0 Å². The summed E-state index contributed by atoms with van der Waals surface area (Å²) in [6.07, 6.45) is 5.28. The Morgan fingerprint density at radius 2 is 2.35 bits per heavy atom. The number of unbranched alkanes of at least 4 members (excludes halogenated alkanes) is 1. The number of hydrogen-bond acceptors (Lipinski definition) is 4. The molecule has 0 fully saturated rings. The number of ether oxygens (including phenoxy) is 1. The number of pyridine rings is 1. The lowest BCUT2D eigenvalue weighted by atomic mass is 10.2. The van der Waals surface area contributed by atoms with Crippen LogP contribution in [0.1, 0.15) is 25.6 Å². The third-order valence-electron chi connectivity index (χ3n) is 2.94. The van der Waals surface area contributed by atoms with Crippen LogP contribution in [0.4, 0.5) is 4.39 Å². The molecule has 2 aromatic heterocycles. The van der Waals surface area contributed by atoms with E-state index in [1.807, 2.05) is 6.07 Å². The lowest BCUT2D eigenvalue weighted by Gasteiger charge is -2.06. The molecular weight excluding hydrogens is 259 g/mol.